The van der Waals surface area contributed by atoms with E-state index in [0.29, 0.717) is 22.1 Å². The second-order valence-corrected chi connectivity index (χ2v) is 5.99. The van der Waals surface area contributed by atoms with Gasteiger partial charge >= 0.3 is 5.97 Å². The second kappa shape index (κ2) is 8.96. The summed E-state index contributed by atoms with van der Waals surface area (Å²) in [6.07, 6.45) is 1.59. The van der Waals surface area contributed by atoms with Gasteiger partial charge in [-0.3, -0.25) is 4.79 Å². The summed E-state index contributed by atoms with van der Waals surface area (Å²) in [6, 6.07) is 14.5. The Bertz CT molecular complexity index is 1040. The zero-order valence-corrected chi connectivity index (χ0v) is 16.1. The molecule has 0 amide bonds. The van der Waals surface area contributed by atoms with Crippen LogP contribution >= 0.6 is 12.2 Å². The molecule has 1 heterocycles. The Kier molecular flexibility index (Phi) is 6.18. The van der Waals surface area contributed by atoms with Crippen molar-refractivity contribution in [1.82, 2.24) is 14.9 Å². The number of carbonyl (C=O) groups excluding carboxylic acids is 1. The summed E-state index contributed by atoms with van der Waals surface area (Å²) < 4.78 is 17.9. The molecule has 144 valence electrons. The summed E-state index contributed by atoms with van der Waals surface area (Å²) in [6.45, 7) is 1.53. The number of nitrogens with one attached hydrogen (secondary N) is 1. The Morgan fingerprint density at radius 1 is 1.25 bits per heavy atom. The van der Waals surface area contributed by atoms with Gasteiger partial charge in [0, 0.05) is 6.92 Å². The number of H-pyrrole nitrogens is 1. The lowest BCUT2D eigenvalue weighted by Crippen LogP contribution is -2.05. The summed E-state index contributed by atoms with van der Waals surface area (Å²) in [5.74, 6) is 1.57. The van der Waals surface area contributed by atoms with Crippen molar-refractivity contribution in [1.29, 1.82) is 0 Å². The van der Waals surface area contributed by atoms with Gasteiger partial charge in [0.05, 0.1) is 13.3 Å². The van der Waals surface area contributed by atoms with Crippen LogP contribution in [0.15, 0.2) is 53.6 Å². The molecule has 0 atom stereocenters. The van der Waals surface area contributed by atoms with Crippen LogP contribution in [0, 0.1) is 4.77 Å². The smallest absolute Gasteiger partial charge is 0.308 e. The molecule has 0 spiro atoms. The van der Waals surface area contributed by atoms with Crippen molar-refractivity contribution in [3.63, 3.8) is 0 Å². The maximum Gasteiger partial charge on any atom is 0.308 e. The van der Waals surface area contributed by atoms with Crippen molar-refractivity contribution in [3.8, 4) is 17.2 Å². The van der Waals surface area contributed by atoms with Gasteiger partial charge in [0.25, 0.3) is 0 Å². The molecule has 0 unspecified atom stereocenters. The van der Waals surface area contributed by atoms with E-state index in [4.69, 9.17) is 26.4 Å². The summed E-state index contributed by atoms with van der Waals surface area (Å²) in [7, 11) is 1.49. The molecule has 0 saturated heterocycles. The van der Waals surface area contributed by atoms with Gasteiger partial charge in [0.1, 0.15) is 12.4 Å². The van der Waals surface area contributed by atoms with Gasteiger partial charge in [-0.15, -0.1) is 0 Å². The van der Waals surface area contributed by atoms with E-state index in [-0.39, 0.29) is 6.61 Å². The van der Waals surface area contributed by atoms with Gasteiger partial charge in [-0.05, 0) is 48.1 Å². The first-order valence-corrected chi connectivity index (χ1v) is 8.72. The standard InChI is InChI=1S/C19H18N4O4S/c1-13(24)27-16-9-8-14(10-17(16)25-2)11-20-23-18(21-22-19(23)28)12-26-15-6-4-3-5-7-15/h3-11H,12H2,1-2H3,(H,22,28). The lowest BCUT2D eigenvalue weighted by molar-refractivity contribution is -0.132. The highest BCUT2D eigenvalue weighted by Gasteiger charge is 2.09. The fourth-order valence-corrected chi connectivity index (χ4v) is 2.53. The maximum absolute atomic E-state index is 11.1. The predicted molar refractivity (Wildman–Crippen MR) is 105 cm³/mol. The van der Waals surface area contributed by atoms with E-state index >= 15 is 0 Å². The number of nitrogens with zero attached hydrogens (tertiary/aromatic N) is 3. The van der Waals surface area contributed by atoms with Crippen molar-refractivity contribution in [3.05, 3.63) is 64.7 Å². The summed E-state index contributed by atoms with van der Waals surface area (Å²) >= 11 is 5.23. The zero-order chi connectivity index (χ0) is 19.9. The minimum absolute atomic E-state index is 0.198. The lowest BCUT2D eigenvalue weighted by atomic mass is 10.2. The molecular formula is C19H18N4O4S. The average molecular weight is 398 g/mol. The molecule has 0 aliphatic carbocycles. The topological polar surface area (TPSA) is 90.7 Å². The Labute approximate surface area is 166 Å². The number of benzene rings is 2. The van der Waals surface area contributed by atoms with E-state index in [2.05, 4.69) is 15.3 Å². The van der Waals surface area contributed by atoms with E-state index in [9.17, 15) is 4.79 Å². The summed E-state index contributed by atoms with van der Waals surface area (Å²) in [4.78, 5) is 11.1. The molecular weight excluding hydrogens is 380 g/mol. The highest BCUT2D eigenvalue weighted by molar-refractivity contribution is 7.71. The normalized spacial score (nSPS) is 10.8. The molecule has 3 aromatic rings. The van der Waals surface area contributed by atoms with Crippen LogP contribution in [0.1, 0.15) is 18.3 Å². The van der Waals surface area contributed by atoms with Crippen LogP contribution in [0.2, 0.25) is 0 Å². The molecule has 1 aromatic heterocycles. The molecule has 0 aliphatic rings. The number of rotatable bonds is 7. The minimum atomic E-state index is -0.424. The lowest BCUT2D eigenvalue weighted by Gasteiger charge is -2.08. The number of aromatic nitrogens is 3. The third-order valence-electron chi connectivity index (χ3n) is 3.59. The fourth-order valence-electron chi connectivity index (χ4n) is 2.33. The molecule has 0 bridgehead atoms. The van der Waals surface area contributed by atoms with Gasteiger partial charge in [-0.1, -0.05) is 18.2 Å². The van der Waals surface area contributed by atoms with Crippen LogP contribution in [0.4, 0.5) is 0 Å². The van der Waals surface area contributed by atoms with Crippen LogP contribution < -0.4 is 14.2 Å². The highest BCUT2D eigenvalue weighted by atomic mass is 32.1. The molecule has 0 saturated carbocycles. The molecule has 28 heavy (non-hydrogen) atoms. The number of methoxy groups -OCH3 is 1. The van der Waals surface area contributed by atoms with Crippen molar-refractivity contribution in [2.75, 3.05) is 7.11 Å². The number of esters is 1. The van der Waals surface area contributed by atoms with E-state index in [1.165, 1.54) is 18.7 Å². The maximum atomic E-state index is 11.1. The van der Waals surface area contributed by atoms with Gasteiger partial charge in [-0.2, -0.15) is 14.9 Å². The number of carbonyl (C=O) groups is 1. The van der Waals surface area contributed by atoms with E-state index in [0.717, 1.165) is 11.3 Å². The molecule has 2 aromatic carbocycles. The monoisotopic (exact) mass is 398 g/mol. The number of ether oxygens (including phenoxy) is 3. The molecule has 0 radical (unpaired) electrons. The molecule has 0 aliphatic heterocycles. The van der Waals surface area contributed by atoms with Crippen molar-refractivity contribution in [2.45, 2.75) is 13.5 Å². The van der Waals surface area contributed by atoms with Gasteiger partial charge in [-0.25, -0.2) is 5.10 Å². The largest absolute Gasteiger partial charge is 0.493 e. The average Bonchev–Trinajstić information content (AvgIpc) is 3.05. The molecule has 0 fully saturated rings. The first-order chi connectivity index (χ1) is 13.6. The Hall–Kier alpha value is -3.46. The highest BCUT2D eigenvalue weighted by Crippen LogP contribution is 2.27. The van der Waals surface area contributed by atoms with Crippen LogP contribution in [-0.2, 0) is 11.4 Å². The number of hydrogen-bond acceptors (Lipinski definition) is 7. The van der Waals surface area contributed by atoms with Crippen LogP contribution in [0.5, 0.6) is 17.2 Å². The van der Waals surface area contributed by atoms with Crippen molar-refractivity contribution >= 4 is 24.4 Å². The molecule has 1 N–H and O–H groups in total. The predicted octanol–water partition coefficient (Wildman–Crippen LogP) is 3.34. The zero-order valence-electron chi connectivity index (χ0n) is 15.3. The second-order valence-electron chi connectivity index (χ2n) is 5.61. The van der Waals surface area contributed by atoms with Gasteiger partial charge in [0.15, 0.2) is 17.3 Å². The molecule has 8 nitrogen and oxygen atoms in total. The van der Waals surface area contributed by atoms with Crippen molar-refractivity contribution < 1.29 is 19.0 Å². The number of aromatic amines is 1. The van der Waals surface area contributed by atoms with Crippen LogP contribution in [0.3, 0.4) is 0 Å². The Morgan fingerprint density at radius 3 is 2.75 bits per heavy atom. The fraction of sp³-hybridized carbons (Fsp3) is 0.158. The van der Waals surface area contributed by atoms with Crippen molar-refractivity contribution in [2.24, 2.45) is 5.10 Å². The van der Waals surface area contributed by atoms with E-state index in [1.807, 2.05) is 30.3 Å². The van der Waals surface area contributed by atoms with E-state index < -0.39 is 5.97 Å². The first kappa shape index (κ1) is 19.3. The van der Waals surface area contributed by atoms with E-state index in [1.54, 1.807) is 24.4 Å². The SMILES string of the molecule is COc1cc(C=Nn2c(COc3ccccc3)n[nH]c2=S)ccc1OC(C)=O. The van der Waals surface area contributed by atoms with Crippen LogP contribution in [0.25, 0.3) is 0 Å². The third-order valence-corrected chi connectivity index (χ3v) is 3.86. The Balaban J connectivity index is 1.78. The first-order valence-electron chi connectivity index (χ1n) is 8.32. The van der Waals surface area contributed by atoms with Gasteiger partial charge < -0.3 is 14.2 Å². The Morgan fingerprint density at radius 2 is 2.04 bits per heavy atom. The number of para-hydroxylation sites is 1. The quantitative estimate of drug-likeness (QED) is 0.284. The minimum Gasteiger partial charge on any atom is -0.493 e. The molecule has 3 rings (SSSR count). The number of hydrogen-bond donors (Lipinski definition) is 1. The van der Waals surface area contributed by atoms with Crippen LogP contribution in [-0.4, -0.2) is 34.2 Å². The molecule has 9 heteroatoms. The summed E-state index contributed by atoms with van der Waals surface area (Å²) in [5, 5.41) is 11.2. The third kappa shape index (κ3) is 4.83. The summed E-state index contributed by atoms with van der Waals surface area (Å²) in [5.41, 5.74) is 0.728. The van der Waals surface area contributed by atoms with Gasteiger partial charge in [0.2, 0.25) is 4.77 Å².